The van der Waals surface area contributed by atoms with Crippen LogP contribution in [0, 0.1) is 0 Å². The van der Waals surface area contributed by atoms with E-state index in [0.717, 1.165) is 21.2 Å². The molecule has 1 aliphatic heterocycles. The highest BCUT2D eigenvalue weighted by molar-refractivity contribution is 9.10. The average molecular weight is 409 g/mol. The fraction of sp³-hybridized carbons (Fsp3) is 0.278. The Kier molecular flexibility index (Phi) is 4.53. The van der Waals surface area contributed by atoms with Crippen LogP contribution in [-0.2, 0) is 25.8 Å². The summed E-state index contributed by atoms with van der Waals surface area (Å²) >= 11 is 3.40. The summed E-state index contributed by atoms with van der Waals surface area (Å²) < 4.78 is 31.5. The first-order valence-corrected chi connectivity index (χ1v) is 9.86. The van der Waals surface area contributed by atoms with E-state index in [1.54, 1.807) is 24.3 Å². The van der Waals surface area contributed by atoms with Crippen LogP contribution in [-0.4, -0.2) is 21.0 Å². The predicted molar refractivity (Wildman–Crippen MR) is 93.9 cm³/mol. The smallest absolute Gasteiger partial charge is 0.302 e. The molecule has 2 aromatic carbocycles. The van der Waals surface area contributed by atoms with Crippen molar-refractivity contribution in [3.8, 4) is 0 Å². The summed E-state index contributed by atoms with van der Waals surface area (Å²) in [5, 5.41) is 0. The molecule has 1 heterocycles. The molecule has 0 N–H and O–H groups in total. The van der Waals surface area contributed by atoms with Gasteiger partial charge in [0.15, 0.2) is 0 Å². The maximum atomic E-state index is 12.8. The molecule has 1 aliphatic rings. The molecule has 126 valence electrons. The summed E-state index contributed by atoms with van der Waals surface area (Å²) in [6, 6.07) is 10.6. The van der Waals surface area contributed by atoms with Gasteiger partial charge in [0.1, 0.15) is 0 Å². The van der Waals surface area contributed by atoms with Crippen molar-refractivity contribution in [1.29, 1.82) is 0 Å². The molecule has 0 spiro atoms. The lowest BCUT2D eigenvalue weighted by Gasteiger charge is -2.22. The van der Waals surface area contributed by atoms with Gasteiger partial charge in [0.2, 0.25) is 9.84 Å². The molecule has 2 aromatic rings. The van der Waals surface area contributed by atoms with Crippen molar-refractivity contribution in [2.45, 2.75) is 36.0 Å². The lowest BCUT2D eigenvalue weighted by molar-refractivity contribution is -0.141. The van der Waals surface area contributed by atoms with Gasteiger partial charge in [0.05, 0.1) is 16.4 Å². The largest absolute Gasteiger partial charge is 0.465 e. The summed E-state index contributed by atoms with van der Waals surface area (Å²) in [5.74, 6) is -0.313. The normalized spacial score (nSPS) is 16.0. The van der Waals surface area contributed by atoms with Crippen LogP contribution in [0.1, 0.15) is 36.5 Å². The van der Waals surface area contributed by atoms with Gasteiger partial charge >= 0.3 is 5.97 Å². The molecular weight excluding hydrogens is 392 g/mol. The maximum Gasteiger partial charge on any atom is 0.302 e. The summed E-state index contributed by atoms with van der Waals surface area (Å²) in [6.07, 6.45) is 0.567. The molecule has 0 fully saturated rings. The fourth-order valence-electron chi connectivity index (χ4n) is 2.92. The van der Waals surface area contributed by atoms with Gasteiger partial charge < -0.3 is 4.74 Å². The number of carbonyl (C=O) groups is 1. The summed E-state index contributed by atoms with van der Waals surface area (Å²) in [5.41, 5.74) is 2.54. The highest BCUT2D eigenvalue weighted by Crippen LogP contribution is 2.36. The van der Waals surface area contributed by atoms with Gasteiger partial charge in [-0.2, -0.15) is 0 Å². The minimum absolute atomic E-state index is 0.00538. The Morgan fingerprint density at radius 2 is 1.79 bits per heavy atom. The van der Waals surface area contributed by atoms with E-state index >= 15 is 0 Å². The van der Waals surface area contributed by atoms with E-state index in [1.807, 2.05) is 19.1 Å². The molecule has 1 atom stereocenters. The summed E-state index contributed by atoms with van der Waals surface area (Å²) in [6.45, 7) is 3.61. The number of benzene rings is 2. The molecule has 1 unspecified atom stereocenters. The zero-order valence-corrected chi connectivity index (χ0v) is 15.8. The first kappa shape index (κ1) is 17.2. The van der Waals surface area contributed by atoms with Gasteiger partial charge in [0.25, 0.3) is 0 Å². The Labute approximate surface area is 149 Å². The zero-order chi connectivity index (χ0) is 17.5. The maximum absolute atomic E-state index is 12.8. The number of carbonyl (C=O) groups excluding carboxylic acids is 1. The van der Waals surface area contributed by atoms with Crippen LogP contribution in [0.5, 0.6) is 0 Å². The second-order valence-corrected chi connectivity index (χ2v) is 8.81. The number of ether oxygens (including phenoxy) is 1. The molecule has 0 radical (unpaired) electrons. The Bertz CT molecular complexity index is 919. The third-order valence-electron chi connectivity index (χ3n) is 4.17. The summed E-state index contributed by atoms with van der Waals surface area (Å²) in [4.78, 5) is 11.7. The van der Waals surface area contributed by atoms with Crippen LogP contribution in [0.25, 0.3) is 0 Å². The Morgan fingerprint density at radius 3 is 2.46 bits per heavy atom. The molecule has 6 heteroatoms. The molecule has 0 aliphatic carbocycles. The van der Waals surface area contributed by atoms with Crippen LogP contribution < -0.4 is 0 Å². The van der Waals surface area contributed by atoms with Gasteiger partial charge in [0, 0.05) is 23.7 Å². The second kappa shape index (κ2) is 6.33. The molecule has 0 aromatic heterocycles. The standard InChI is InChI=1S/C18H17BrO4S/c1-11(10-23-12(2)20)13-3-5-17-14(7-13)8-15-9-16(19)4-6-18(15)24(17,21)22/h3-7,9,11H,8,10H2,1-2H3. The Morgan fingerprint density at radius 1 is 1.17 bits per heavy atom. The van der Waals surface area contributed by atoms with Crippen molar-refractivity contribution in [2.75, 3.05) is 6.61 Å². The topological polar surface area (TPSA) is 60.4 Å². The molecule has 0 amide bonds. The van der Waals surface area contributed by atoms with E-state index < -0.39 is 9.84 Å². The molecule has 4 nitrogen and oxygen atoms in total. The predicted octanol–water partition coefficient (Wildman–Crippen LogP) is 3.85. The SMILES string of the molecule is CC(=O)OCC(C)c1ccc2c(c1)Cc1cc(Br)ccc1S2(=O)=O. The first-order chi connectivity index (χ1) is 11.3. The van der Waals surface area contributed by atoms with E-state index in [-0.39, 0.29) is 18.5 Å². The highest BCUT2D eigenvalue weighted by atomic mass is 79.9. The monoisotopic (exact) mass is 408 g/mol. The van der Waals surface area contributed by atoms with E-state index in [2.05, 4.69) is 15.9 Å². The zero-order valence-electron chi connectivity index (χ0n) is 13.4. The van der Waals surface area contributed by atoms with Crippen molar-refractivity contribution < 1.29 is 17.9 Å². The van der Waals surface area contributed by atoms with Crippen LogP contribution in [0.3, 0.4) is 0 Å². The van der Waals surface area contributed by atoms with Gasteiger partial charge in [-0.15, -0.1) is 0 Å². The van der Waals surface area contributed by atoms with Crippen molar-refractivity contribution in [3.05, 3.63) is 57.6 Å². The van der Waals surface area contributed by atoms with Crippen molar-refractivity contribution in [3.63, 3.8) is 0 Å². The molecular formula is C18H17BrO4S. The lowest BCUT2D eigenvalue weighted by atomic mass is 9.96. The van der Waals surface area contributed by atoms with E-state index in [9.17, 15) is 13.2 Å². The summed E-state index contributed by atoms with van der Waals surface area (Å²) in [7, 11) is -3.49. The Balaban J connectivity index is 2.00. The average Bonchev–Trinajstić information content (AvgIpc) is 2.51. The first-order valence-electron chi connectivity index (χ1n) is 7.58. The number of rotatable bonds is 3. The van der Waals surface area contributed by atoms with Crippen molar-refractivity contribution in [1.82, 2.24) is 0 Å². The van der Waals surface area contributed by atoms with Gasteiger partial charge in [-0.25, -0.2) is 8.42 Å². The molecule has 0 saturated carbocycles. The fourth-order valence-corrected chi connectivity index (χ4v) is 5.01. The number of sulfone groups is 1. The minimum atomic E-state index is -3.49. The van der Waals surface area contributed by atoms with E-state index in [4.69, 9.17) is 4.74 Å². The number of esters is 1. The highest BCUT2D eigenvalue weighted by Gasteiger charge is 2.29. The molecule has 3 rings (SSSR count). The number of halogens is 1. The quantitative estimate of drug-likeness (QED) is 0.617. The van der Waals surface area contributed by atoms with E-state index in [0.29, 0.717) is 16.2 Å². The Hall–Kier alpha value is -1.66. The van der Waals surface area contributed by atoms with Gasteiger partial charge in [-0.1, -0.05) is 35.0 Å². The van der Waals surface area contributed by atoms with Crippen LogP contribution in [0.4, 0.5) is 0 Å². The van der Waals surface area contributed by atoms with Crippen molar-refractivity contribution in [2.24, 2.45) is 0 Å². The van der Waals surface area contributed by atoms with E-state index in [1.165, 1.54) is 6.92 Å². The third-order valence-corrected chi connectivity index (χ3v) is 6.62. The number of hydrogen-bond donors (Lipinski definition) is 0. The minimum Gasteiger partial charge on any atom is -0.465 e. The second-order valence-electron chi connectivity index (χ2n) is 6.00. The third kappa shape index (κ3) is 3.13. The molecule has 0 bridgehead atoms. The van der Waals surface area contributed by atoms with Gasteiger partial charge in [-0.3, -0.25) is 4.79 Å². The van der Waals surface area contributed by atoms with Crippen LogP contribution in [0.15, 0.2) is 50.7 Å². The number of hydrogen-bond acceptors (Lipinski definition) is 4. The molecule has 0 saturated heterocycles. The van der Waals surface area contributed by atoms with Crippen molar-refractivity contribution >= 4 is 31.7 Å². The molecule has 24 heavy (non-hydrogen) atoms. The van der Waals surface area contributed by atoms with Crippen LogP contribution in [0.2, 0.25) is 0 Å². The number of fused-ring (bicyclic) bond motifs is 2. The lowest BCUT2D eigenvalue weighted by Crippen LogP contribution is -2.16. The van der Waals surface area contributed by atoms with Crippen LogP contribution >= 0.6 is 15.9 Å². The van der Waals surface area contributed by atoms with Gasteiger partial charge in [-0.05, 0) is 41.0 Å².